The molecule has 0 aliphatic rings. The fraction of sp³-hybridized carbons (Fsp3) is 0.143. The van der Waals surface area contributed by atoms with E-state index in [0.29, 0.717) is 10.0 Å². The second-order valence-electron chi connectivity index (χ2n) is 4.31. The van der Waals surface area contributed by atoms with Gasteiger partial charge in [-0.05, 0) is 46.6 Å². The Kier molecular flexibility index (Phi) is 4.35. The summed E-state index contributed by atoms with van der Waals surface area (Å²) in [6, 6.07) is 10.2. The summed E-state index contributed by atoms with van der Waals surface area (Å²) in [4.78, 5) is 0. The first-order valence-corrected chi connectivity index (χ1v) is 7.43. The monoisotopic (exact) mass is 406 g/mol. The summed E-state index contributed by atoms with van der Waals surface area (Å²) in [5, 5.41) is 10.6. The van der Waals surface area contributed by atoms with Crippen molar-refractivity contribution >= 4 is 43.5 Å². The summed E-state index contributed by atoms with van der Waals surface area (Å²) in [5.41, 5.74) is -0.740. The molecule has 0 amide bonds. The van der Waals surface area contributed by atoms with E-state index in [1.54, 1.807) is 24.3 Å². The smallest absolute Gasteiger partial charge is 0.149 e. The van der Waals surface area contributed by atoms with Gasteiger partial charge in [-0.3, -0.25) is 0 Å². The Bertz CT molecular complexity index is 629. The molecule has 0 fully saturated rings. The summed E-state index contributed by atoms with van der Waals surface area (Å²) < 4.78 is 15.5. The van der Waals surface area contributed by atoms with Crippen molar-refractivity contribution in [3.63, 3.8) is 0 Å². The predicted octanol–water partition coefficient (Wildman–Crippen LogP) is 5.26. The van der Waals surface area contributed by atoms with Crippen LogP contribution in [0.15, 0.2) is 45.3 Å². The molecular formula is C14H10Br2ClFO. The molecule has 0 heterocycles. The molecule has 0 aliphatic heterocycles. The van der Waals surface area contributed by atoms with Crippen LogP contribution in [0.1, 0.15) is 18.1 Å². The minimum Gasteiger partial charge on any atom is -0.381 e. The van der Waals surface area contributed by atoms with Gasteiger partial charge in [0.2, 0.25) is 0 Å². The van der Waals surface area contributed by atoms with Gasteiger partial charge < -0.3 is 5.11 Å². The van der Waals surface area contributed by atoms with E-state index in [-0.39, 0.29) is 10.6 Å². The molecule has 0 saturated heterocycles. The quantitative estimate of drug-likeness (QED) is 0.672. The summed E-state index contributed by atoms with van der Waals surface area (Å²) in [6.45, 7) is 1.54. The van der Waals surface area contributed by atoms with Crippen LogP contribution >= 0.6 is 43.5 Å². The van der Waals surface area contributed by atoms with E-state index in [2.05, 4.69) is 31.9 Å². The highest BCUT2D eigenvalue weighted by molar-refractivity contribution is 9.10. The maximum Gasteiger partial charge on any atom is 0.149 e. The van der Waals surface area contributed by atoms with Crippen molar-refractivity contribution in [1.82, 2.24) is 0 Å². The van der Waals surface area contributed by atoms with Crippen LogP contribution in [0.2, 0.25) is 5.02 Å². The highest BCUT2D eigenvalue weighted by Crippen LogP contribution is 2.37. The number of hydrogen-bond acceptors (Lipinski definition) is 1. The standard InChI is InChI=1S/C14H10Br2ClFO/c1-14(19,8-3-2-4-9(15)7-8)10-5-6-11(16)12(17)13(10)18/h2-7,19H,1H3. The van der Waals surface area contributed by atoms with Crippen LogP contribution in [0, 0.1) is 5.82 Å². The molecule has 2 aromatic carbocycles. The number of rotatable bonds is 2. The highest BCUT2D eigenvalue weighted by Gasteiger charge is 2.30. The lowest BCUT2D eigenvalue weighted by Gasteiger charge is -2.25. The third kappa shape index (κ3) is 2.87. The second-order valence-corrected chi connectivity index (χ2v) is 6.45. The van der Waals surface area contributed by atoms with Crippen molar-refractivity contribution in [3.05, 3.63) is 67.3 Å². The lowest BCUT2D eigenvalue weighted by atomic mass is 9.88. The van der Waals surface area contributed by atoms with Gasteiger partial charge in [0.1, 0.15) is 11.4 Å². The summed E-state index contributed by atoms with van der Waals surface area (Å²) in [6.07, 6.45) is 0. The molecule has 0 radical (unpaired) electrons. The normalized spacial score (nSPS) is 14.2. The van der Waals surface area contributed by atoms with E-state index in [0.717, 1.165) is 4.47 Å². The zero-order valence-corrected chi connectivity index (χ0v) is 13.9. The molecule has 1 nitrogen and oxygen atoms in total. The Morgan fingerprint density at radius 1 is 1.21 bits per heavy atom. The van der Waals surface area contributed by atoms with Gasteiger partial charge in [0.15, 0.2) is 0 Å². The molecule has 0 aliphatic carbocycles. The second kappa shape index (κ2) is 5.52. The highest BCUT2D eigenvalue weighted by atomic mass is 79.9. The van der Waals surface area contributed by atoms with Crippen molar-refractivity contribution < 1.29 is 9.50 Å². The van der Waals surface area contributed by atoms with Gasteiger partial charge in [0, 0.05) is 14.5 Å². The Balaban J connectivity index is 2.60. The number of hydrogen-bond donors (Lipinski definition) is 1. The van der Waals surface area contributed by atoms with Crippen LogP contribution < -0.4 is 0 Å². The van der Waals surface area contributed by atoms with E-state index in [4.69, 9.17) is 11.6 Å². The van der Waals surface area contributed by atoms with Gasteiger partial charge in [-0.2, -0.15) is 0 Å². The lowest BCUT2D eigenvalue weighted by Crippen LogP contribution is -2.24. The zero-order chi connectivity index (χ0) is 14.2. The largest absolute Gasteiger partial charge is 0.381 e. The van der Waals surface area contributed by atoms with E-state index in [1.165, 1.54) is 13.0 Å². The molecule has 2 rings (SSSR count). The van der Waals surface area contributed by atoms with Gasteiger partial charge in [-0.1, -0.05) is 45.7 Å². The predicted molar refractivity (Wildman–Crippen MR) is 81.9 cm³/mol. The van der Waals surface area contributed by atoms with Crippen molar-refractivity contribution in [2.24, 2.45) is 0 Å². The van der Waals surface area contributed by atoms with Crippen LogP contribution in [0.25, 0.3) is 0 Å². The summed E-state index contributed by atoms with van der Waals surface area (Å²) in [7, 11) is 0. The molecule has 19 heavy (non-hydrogen) atoms. The first-order valence-electron chi connectivity index (χ1n) is 5.46. The van der Waals surface area contributed by atoms with Gasteiger partial charge >= 0.3 is 0 Å². The molecule has 1 unspecified atom stereocenters. The zero-order valence-electron chi connectivity index (χ0n) is 9.92. The Morgan fingerprint density at radius 2 is 1.89 bits per heavy atom. The first-order chi connectivity index (χ1) is 8.84. The Labute approximate surface area is 132 Å². The Morgan fingerprint density at radius 3 is 2.53 bits per heavy atom. The molecule has 1 N–H and O–H groups in total. The first kappa shape index (κ1) is 15.0. The van der Waals surface area contributed by atoms with Crippen LogP contribution in [0.5, 0.6) is 0 Å². The molecule has 2 aromatic rings. The molecule has 0 spiro atoms. The molecular weight excluding hydrogens is 398 g/mol. The topological polar surface area (TPSA) is 20.2 Å². The molecule has 100 valence electrons. The van der Waals surface area contributed by atoms with Gasteiger partial charge in [0.25, 0.3) is 0 Å². The van der Waals surface area contributed by atoms with Crippen LogP contribution in [-0.2, 0) is 5.60 Å². The molecule has 1 atom stereocenters. The van der Waals surface area contributed by atoms with Gasteiger partial charge in [0.05, 0.1) is 5.02 Å². The summed E-state index contributed by atoms with van der Waals surface area (Å²) >= 11 is 12.4. The average molecular weight is 408 g/mol. The average Bonchev–Trinajstić information content (AvgIpc) is 2.36. The SMILES string of the molecule is CC(O)(c1cccc(Br)c1)c1ccc(Br)c(Cl)c1F. The van der Waals surface area contributed by atoms with E-state index in [1.807, 2.05) is 6.07 Å². The molecule has 0 aromatic heterocycles. The van der Waals surface area contributed by atoms with Gasteiger partial charge in [-0.15, -0.1) is 0 Å². The van der Waals surface area contributed by atoms with Gasteiger partial charge in [-0.25, -0.2) is 4.39 Å². The van der Waals surface area contributed by atoms with Crippen molar-refractivity contribution in [2.75, 3.05) is 0 Å². The third-order valence-corrected chi connectivity index (χ3v) is 4.70. The molecule has 5 heteroatoms. The minimum absolute atomic E-state index is 0.0345. The van der Waals surface area contributed by atoms with Crippen LogP contribution in [-0.4, -0.2) is 5.11 Å². The maximum atomic E-state index is 14.2. The number of aliphatic hydroxyl groups is 1. The van der Waals surface area contributed by atoms with Crippen molar-refractivity contribution in [2.45, 2.75) is 12.5 Å². The summed E-state index contributed by atoms with van der Waals surface area (Å²) in [5.74, 6) is -0.624. The maximum absolute atomic E-state index is 14.2. The fourth-order valence-corrected chi connectivity index (χ4v) is 2.72. The van der Waals surface area contributed by atoms with Crippen LogP contribution in [0.4, 0.5) is 4.39 Å². The minimum atomic E-state index is -1.46. The van der Waals surface area contributed by atoms with E-state index < -0.39 is 11.4 Å². The third-order valence-electron chi connectivity index (χ3n) is 2.95. The Hall–Kier alpha value is -0.420. The van der Waals surface area contributed by atoms with Crippen LogP contribution in [0.3, 0.4) is 0 Å². The number of benzene rings is 2. The fourth-order valence-electron chi connectivity index (χ4n) is 1.85. The molecule has 0 bridgehead atoms. The van der Waals surface area contributed by atoms with E-state index >= 15 is 0 Å². The lowest BCUT2D eigenvalue weighted by molar-refractivity contribution is 0.0979. The van der Waals surface area contributed by atoms with E-state index in [9.17, 15) is 9.50 Å². The number of halogens is 4. The van der Waals surface area contributed by atoms with Crippen molar-refractivity contribution in [1.29, 1.82) is 0 Å². The van der Waals surface area contributed by atoms with Crippen molar-refractivity contribution in [3.8, 4) is 0 Å². The molecule has 0 saturated carbocycles.